The SMILES string of the molecule is CCC1CCCCCN1C(C)C(N)c1ccc(F)cc1. The van der Waals surface area contributed by atoms with Crippen molar-refractivity contribution in [2.24, 2.45) is 5.73 Å². The summed E-state index contributed by atoms with van der Waals surface area (Å²) >= 11 is 0. The fourth-order valence-corrected chi connectivity index (χ4v) is 3.34. The standard InChI is InChI=1S/C17H27FN2/c1-3-16-7-5-4-6-12-20(16)13(2)17(19)14-8-10-15(18)11-9-14/h8-11,13,16-17H,3-7,12,19H2,1-2H3. The molecule has 1 aliphatic heterocycles. The highest BCUT2D eigenvalue weighted by atomic mass is 19.1. The van der Waals surface area contributed by atoms with E-state index in [0.29, 0.717) is 12.1 Å². The number of likely N-dealkylation sites (tertiary alicyclic amines) is 1. The van der Waals surface area contributed by atoms with Gasteiger partial charge in [0, 0.05) is 18.1 Å². The number of nitrogens with zero attached hydrogens (tertiary/aromatic N) is 1. The van der Waals surface area contributed by atoms with E-state index in [2.05, 4.69) is 18.7 Å². The van der Waals surface area contributed by atoms with Gasteiger partial charge in [-0.2, -0.15) is 0 Å². The molecule has 0 radical (unpaired) electrons. The molecule has 1 aliphatic rings. The Morgan fingerprint density at radius 3 is 2.60 bits per heavy atom. The average Bonchev–Trinajstić information content (AvgIpc) is 2.71. The van der Waals surface area contributed by atoms with Crippen LogP contribution in [0.15, 0.2) is 24.3 Å². The maximum absolute atomic E-state index is 13.0. The largest absolute Gasteiger partial charge is 0.323 e. The molecule has 2 N–H and O–H groups in total. The second kappa shape index (κ2) is 7.19. The highest BCUT2D eigenvalue weighted by Crippen LogP contribution is 2.26. The third-order valence-corrected chi connectivity index (χ3v) is 4.69. The summed E-state index contributed by atoms with van der Waals surface area (Å²) in [5, 5.41) is 0. The molecular formula is C17H27FN2. The third kappa shape index (κ3) is 3.58. The van der Waals surface area contributed by atoms with E-state index in [4.69, 9.17) is 5.73 Å². The summed E-state index contributed by atoms with van der Waals surface area (Å²) in [5.41, 5.74) is 7.45. The summed E-state index contributed by atoms with van der Waals surface area (Å²) in [6.07, 6.45) is 6.37. The topological polar surface area (TPSA) is 29.3 Å². The van der Waals surface area contributed by atoms with Gasteiger partial charge >= 0.3 is 0 Å². The fourth-order valence-electron chi connectivity index (χ4n) is 3.34. The Morgan fingerprint density at radius 1 is 1.25 bits per heavy atom. The van der Waals surface area contributed by atoms with Gasteiger partial charge in [0.05, 0.1) is 0 Å². The lowest BCUT2D eigenvalue weighted by atomic mass is 9.97. The van der Waals surface area contributed by atoms with Crippen molar-refractivity contribution in [2.75, 3.05) is 6.54 Å². The van der Waals surface area contributed by atoms with Crippen molar-refractivity contribution < 1.29 is 4.39 Å². The van der Waals surface area contributed by atoms with Crippen LogP contribution in [0.5, 0.6) is 0 Å². The van der Waals surface area contributed by atoms with E-state index in [0.717, 1.165) is 12.1 Å². The zero-order valence-electron chi connectivity index (χ0n) is 12.7. The molecule has 3 atom stereocenters. The van der Waals surface area contributed by atoms with E-state index in [-0.39, 0.29) is 11.9 Å². The molecule has 0 amide bonds. The third-order valence-electron chi connectivity index (χ3n) is 4.69. The van der Waals surface area contributed by atoms with Crippen LogP contribution in [0.3, 0.4) is 0 Å². The minimum absolute atomic E-state index is 0.0530. The molecule has 0 saturated carbocycles. The quantitative estimate of drug-likeness (QED) is 0.906. The molecule has 3 heteroatoms. The van der Waals surface area contributed by atoms with Gasteiger partial charge in [-0.05, 0) is 50.4 Å². The normalized spacial score (nSPS) is 24.1. The predicted octanol–water partition coefficient (Wildman–Crippen LogP) is 3.87. The molecular weight excluding hydrogens is 251 g/mol. The van der Waals surface area contributed by atoms with E-state index < -0.39 is 0 Å². The second-order valence-electron chi connectivity index (χ2n) is 5.97. The minimum Gasteiger partial charge on any atom is -0.323 e. The molecule has 1 aromatic carbocycles. The lowest BCUT2D eigenvalue weighted by Gasteiger charge is -2.38. The van der Waals surface area contributed by atoms with Crippen LogP contribution in [0, 0.1) is 5.82 Å². The van der Waals surface area contributed by atoms with Gasteiger partial charge < -0.3 is 5.73 Å². The van der Waals surface area contributed by atoms with Crippen LogP contribution in [0.2, 0.25) is 0 Å². The Kier molecular flexibility index (Phi) is 5.55. The molecule has 1 heterocycles. The predicted molar refractivity (Wildman–Crippen MR) is 82.0 cm³/mol. The molecule has 0 bridgehead atoms. The van der Waals surface area contributed by atoms with Crippen LogP contribution in [-0.2, 0) is 0 Å². The second-order valence-corrected chi connectivity index (χ2v) is 5.97. The first-order valence-corrected chi connectivity index (χ1v) is 7.90. The highest BCUT2D eigenvalue weighted by molar-refractivity contribution is 5.21. The van der Waals surface area contributed by atoms with E-state index in [1.165, 1.54) is 44.2 Å². The Hall–Kier alpha value is -0.930. The summed E-state index contributed by atoms with van der Waals surface area (Å²) < 4.78 is 13.0. The van der Waals surface area contributed by atoms with Crippen molar-refractivity contribution in [1.82, 2.24) is 4.90 Å². The summed E-state index contributed by atoms with van der Waals surface area (Å²) in [6.45, 7) is 5.61. The van der Waals surface area contributed by atoms with E-state index in [1.54, 1.807) is 0 Å². The van der Waals surface area contributed by atoms with Crippen LogP contribution in [0.1, 0.15) is 57.6 Å². The zero-order valence-corrected chi connectivity index (χ0v) is 12.7. The van der Waals surface area contributed by atoms with Crippen LogP contribution in [0.4, 0.5) is 4.39 Å². The molecule has 20 heavy (non-hydrogen) atoms. The minimum atomic E-state index is -0.199. The Morgan fingerprint density at radius 2 is 1.95 bits per heavy atom. The molecule has 1 fully saturated rings. The highest BCUT2D eigenvalue weighted by Gasteiger charge is 2.28. The molecule has 2 rings (SSSR count). The molecule has 0 aromatic heterocycles. The number of halogens is 1. The first-order chi connectivity index (χ1) is 9.63. The van der Waals surface area contributed by atoms with Gasteiger partial charge in [-0.3, -0.25) is 4.90 Å². The van der Waals surface area contributed by atoms with Crippen LogP contribution in [-0.4, -0.2) is 23.5 Å². The van der Waals surface area contributed by atoms with Crippen molar-refractivity contribution in [3.63, 3.8) is 0 Å². The van der Waals surface area contributed by atoms with Gasteiger partial charge in [-0.1, -0.05) is 31.9 Å². The number of nitrogens with two attached hydrogens (primary N) is 1. The van der Waals surface area contributed by atoms with Gasteiger partial charge in [0.15, 0.2) is 0 Å². The maximum atomic E-state index is 13.0. The monoisotopic (exact) mass is 278 g/mol. The van der Waals surface area contributed by atoms with Crippen LogP contribution in [0.25, 0.3) is 0 Å². The first-order valence-electron chi connectivity index (χ1n) is 7.90. The van der Waals surface area contributed by atoms with Gasteiger partial charge in [0.2, 0.25) is 0 Å². The lowest BCUT2D eigenvalue weighted by Crippen LogP contribution is -2.46. The molecule has 3 unspecified atom stereocenters. The van der Waals surface area contributed by atoms with Crippen LogP contribution >= 0.6 is 0 Å². The number of hydrogen-bond acceptors (Lipinski definition) is 2. The molecule has 1 aromatic rings. The number of rotatable bonds is 4. The molecule has 2 nitrogen and oxygen atoms in total. The maximum Gasteiger partial charge on any atom is 0.123 e. The van der Waals surface area contributed by atoms with Crippen molar-refractivity contribution in [2.45, 2.75) is 64.1 Å². The number of benzene rings is 1. The van der Waals surface area contributed by atoms with E-state index in [1.807, 2.05) is 12.1 Å². The van der Waals surface area contributed by atoms with Gasteiger partial charge in [-0.15, -0.1) is 0 Å². The zero-order chi connectivity index (χ0) is 14.5. The summed E-state index contributed by atoms with van der Waals surface area (Å²) in [5.74, 6) is -0.199. The Bertz CT molecular complexity index is 404. The van der Waals surface area contributed by atoms with Crippen molar-refractivity contribution in [3.8, 4) is 0 Å². The first kappa shape index (κ1) is 15.5. The van der Waals surface area contributed by atoms with Crippen molar-refractivity contribution in [1.29, 1.82) is 0 Å². The molecule has 0 aliphatic carbocycles. The number of hydrogen-bond donors (Lipinski definition) is 1. The summed E-state index contributed by atoms with van der Waals surface area (Å²) in [4.78, 5) is 2.57. The Labute approximate surface area is 122 Å². The molecule has 112 valence electrons. The Balaban J connectivity index is 2.11. The lowest BCUT2D eigenvalue weighted by molar-refractivity contribution is 0.124. The summed E-state index contributed by atoms with van der Waals surface area (Å²) in [7, 11) is 0. The van der Waals surface area contributed by atoms with Crippen LogP contribution < -0.4 is 5.73 Å². The fraction of sp³-hybridized carbons (Fsp3) is 0.647. The van der Waals surface area contributed by atoms with Gasteiger partial charge in [0.25, 0.3) is 0 Å². The summed E-state index contributed by atoms with van der Waals surface area (Å²) in [6, 6.07) is 7.51. The smallest absolute Gasteiger partial charge is 0.123 e. The molecule has 1 saturated heterocycles. The molecule has 0 spiro atoms. The van der Waals surface area contributed by atoms with Gasteiger partial charge in [-0.25, -0.2) is 4.39 Å². The van der Waals surface area contributed by atoms with E-state index >= 15 is 0 Å². The van der Waals surface area contributed by atoms with Gasteiger partial charge in [0.1, 0.15) is 5.82 Å². The van der Waals surface area contributed by atoms with E-state index in [9.17, 15) is 4.39 Å². The van der Waals surface area contributed by atoms with Crippen molar-refractivity contribution in [3.05, 3.63) is 35.6 Å². The van der Waals surface area contributed by atoms with Crippen molar-refractivity contribution >= 4 is 0 Å². The average molecular weight is 278 g/mol.